The van der Waals surface area contributed by atoms with Crippen molar-refractivity contribution in [2.24, 2.45) is 5.92 Å². The lowest BCUT2D eigenvalue weighted by Crippen LogP contribution is -2.36. The first kappa shape index (κ1) is 12.0. The van der Waals surface area contributed by atoms with E-state index in [4.69, 9.17) is 11.6 Å². The molecule has 0 aliphatic heterocycles. The van der Waals surface area contributed by atoms with Gasteiger partial charge in [0, 0.05) is 12.2 Å². The fourth-order valence-electron chi connectivity index (χ4n) is 1.01. The van der Waals surface area contributed by atoms with Crippen LogP contribution in [-0.4, -0.2) is 16.9 Å². The number of hydrogen-bond acceptors (Lipinski definition) is 2. The van der Waals surface area contributed by atoms with Crippen molar-refractivity contribution in [3.8, 4) is 0 Å². The minimum Gasteiger partial charge on any atom is -0.349 e. The molecule has 1 amide bonds. The Bertz CT molecular complexity index is 352. The molecule has 0 fully saturated rings. The zero-order valence-electron chi connectivity index (χ0n) is 9.12. The predicted octanol–water partition coefficient (Wildman–Crippen LogP) is 2.51. The van der Waals surface area contributed by atoms with Crippen LogP contribution in [0.1, 0.15) is 31.1 Å². The lowest BCUT2D eigenvalue weighted by molar-refractivity contribution is 0.0930. The van der Waals surface area contributed by atoms with Crippen LogP contribution in [-0.2, 0) is 0 Å². The Morgan fingerprint density at radius 2 is 2.13 bits per heavy atom. The van der Waals surface area contributed by atoms with Gasteiger partial charge < -0.3 is 5.32 Å². The van der Waals surface area contributed by atoms with E-state index in [0.29, 0.717) is 11.5 Å². The van der Waals surface area contributed by atoms with Crippen molar-refractivity contribution in [2.45, 2.75) is 26.8 Å². The molecule has 1 rings (SSSR count). The van der Waals surface area contributed by atoms with Crippen molar-refractivity contribution in [3.05, 3.63) is 29.0 Å². The molecule has 0 radical (unpaired) electrons. The van der Waals surface area contributed by atoms with Gasteiger partial charge >= 0.3 is 0 Å². The molecule has 0 bridgehead atoms. The van der Waals surface area contributed by atoms with E-state index in [1.807, 2.05) is 6.92 Å². The Morgan fingerprint density at radius 3 is 2.67 bits per heavy atom. The average Bonchev–Trinajstić information content (AvgIpc) is 2.18. The van der Waals surface area contributed by atoms with E-state index in [-0.39, 0.29) is 17.1 Å². The molecule has 82 valence electrons. The molecule has 3 nitrogen and oxygen atoms in total. The summed E-state index contributed by atoms with van der Waals surface area (Å²) < 4.78 is 0. The number of nitrogens with one attached hydrogen (secondary N) is 1. The van der Waals surface area contributed by atoms with Gasteiger partial charge in [-0.05, 0) is 25.0 Å². The summed E-state index contributed by atoms with van der Waals surface area (Å²) in [6.45, 7) is 6.07. The Labute approximate surface area is 94.9 Å². The van der Waals surface area contributed by atoms with Gasteiger partial charge in [0.05, 0.1) is 5.56 Å². The molecule has 0 aromatic carbocycles. The normalized spacial score (nSPS) is 12.6. The van der Waals surface area contributed by atoms with Gasteiger partial charge in [0.2, 0.25) is 0 Å². The summed E-state index contributed by atoms with van der Waals surface area (Å²) in [4.78, 5) is 15.6. The van der Waals surface area contributed by atoms with E-state index in [2.05, 4.69) is 24.1 Å². The quantitative estimate of drug-likeness (QED) is 0.805. The van der Waals surface area contributed by atoms with Crippen LogP contribution < -0.4 is 5.32 Å². The molecule has 0 saturated carbocycles. The number of carbonyl (C=O) groups excluding carboxylic acids is 1. The molecule has 1 aromatic heterocycles. The van der Waals surface area contributed by atoms with E-state index in [1.165, 1.54) is 0 Å². The average molecular weight is 227 g/mol. The summed E-state index contributed by atoms with van der Waals surface area (Å²) in [5, 5.41) is 3.11. The Hall–Kier alpha value is -1.09. The molecule has 1 atom stereocenters. The van der Waals surface area contributed by atoms with Crippen LogP contribution in [0.4, 0.5) is 0 Å². The Kier molecular flexibility index (Phi) is 4.09. The standard InChI is InChI=1S/C11H15ClN2O/c1-7(2)8(3)14-11(15)9-5-4-6-13-10(9)12/h4-8H,1-3H3,(H,14,15). The van der Waals surface area contributed by atoms with Crippen molar-refractivity contribution < 1.29 is 4.79 Å². The minimum atomic E-state index is -0.172. The molecular weight excluding hydrogens is 212 g/mol. The summed E-state index contributed by atoms with van der Waals surface area (Å²) in [6.07, 6.45) is 1.56. The van der Waals surface area contributed by atoms with E-state index in [9.17, 15) is 4.79 Å². The third kappa shape index (κ3) is 3.20. The van der Waals surface area contributed by atoms with Gasteiger partial charge in [-0.15, -0.1) is 0 Å². The number of halogens is 1. The van der Waals surface area contributed by atoms with Crippen LogP contribution >= 0.6 is 11.6 Å². The molecule has 1 N–H and O–H groups in total. The Morgan fingerprint density at radius 1 is 1.47 bits per heavy atom. The first-order chi connectivity index (χ1) is 7.02. The van der Waals surface area contributed by atoms with Crippen LogP contribution in [0.3, 0.4) is 0 Å². The first-order valence-corrected chi connectivity index (χ1v) is 5.31. The summed E-state index contributed by atoms with van der Waals surface area (Å²) in [5.74, 6) is 0.221. The van der Waals surface area contributed by atoms with Crippen molar-refractivity contribution in [3.63, 3.8) is 0 Å². The monoisotopic (exact) mass is 226 g/mol. The van der Waals surface area contributed by atoms with E-state index in [0.717, 1.165) is 0 Å². The highest BCUT2D eigenvalue weighted by Crippen LogP contribution is 2.12. The second-order valence-electron chi connectivity index (χ2n) is 3.85. The number of carbonyl (C=O) groups is 1. The second kappa shape index (κ2) is 5.12. The van der Waals surface area contributed by atoms with Gasteiger partial charge in [0.15, 0.2) is 0 Å². The van der Waals surface area contributed by atoms with Gasteiger partial charge in [-0.1, -0.05) is 25.4 Å². The van der Waals surface area contributed by atoms with E-state index >= 15 is 0 Å². The van der Waals surface area contributed by atoms with Crippen molar-refractivity contribution >= 4 is 17.5 Å². The van der Waals surface area contributed by atoms with Crippen LogP contribution in [0.5, 0.6) is 0 Å². The van der Waals surface area contributed by atoms with Gasteiger partial charge in [-0.2, -0.15) is 0 Å². The molecule has 0 spiro atoms. The van der Waals surface area contributed by atoms with Crippen molar-refractivity contribution in [1.29, 1.82) is 0 Å². The van der Waals surface area contributed by atoms with Crippen molar-refractivity contribution in [1.82, 2.24) is 10.3 Å². The molecule has 1 unspecified atom stereocenters. The third-order valence-corrected chi connectivity index (χ3v) is 2.66. The van der Waals surface area contributed by atoms with Crippen LogP contribution in [0.25, 0.3) is 0 Å². The number of amides is 1. The predicted molar refractivity (Wildman–Crippen MR) is 61.0 cm³/mol. The van der Waals surface area contributed by atoms with Crippen LogP contribution in [0.15, 0.2) is 18.3 Å². The summed E-state index contributed by atoms with van der Waals surface area (Å²) in [6, 6.07) is 3.48. The maximum Gasteiger partial charge on any atom is 0.254 e. The minimum absolute atomic E-state index is 0.119. The summed E-state index contributed by atoms with van der Waals surface area (Å²) >= 11 is 5.81. The maximum atomic E-state index is 11.7. The lowest BCUT2D eigenvalue weighted by atomic mass is 10.1. The number of pyridine rings is 1. The SMILES string of the molecule is CC(C)C(C)NC(=O)c1cccnc1Cl. The van der Waals surface area contributed by atoms with Crippen molar-refractivity contribution in [2.75, 3.05) is 0 Å². The lowest BCUT2D eigenvalue weighted by Gasteiger charge is -2.17. The first-order valence-electron chi connectivity index (χ1n) is 4.93. The smallest absolute Gasteiger partial charge is 0.254 e. The van der Waals surface area contributed by atoms with Gasteiger partial charge in [0.1, 0.15) is 5.15 Å². The largest absolute Gasteiger partial charge is 0.349 e. The number of rotatable bonds is 3. The van der Waals surface area contributed by atoms with Gasteiger partial charge in [-0.25, -0.2) is 4.98 Å². The molecule has 1 aromatic rings. The fraction of sp³-hybridized carbons (Fsp3) is 0.455. The highest BCUT2D eigenvalue weighted by molar-refractivity contribution is 6.32. The molecule has 0 aliphatic carbocycles. The number of aromatic nitrogens is 1. The number of nitrogens with zero attached hydrogens (tertiary/aromatic N) is 1. The zero-order valence-corrected chi connectivity index (χ0v) is 9.88. The second-order valence-corrected chi connectivity index (χ2v) is 4.21. The maximum absolute atomic E-state index is 11.7. The van der Waals surface area contributed by atoms with Crippen LogP contribution in [0.2, 0.25) is 5.15 Å². The molecule has 0 saturated heterocycles. The van der Waals surface area contributed by atoms with Gasteiger partial charge in [0.25, 0.3) is 5.91 Å². The number of hydrogen-bond donors (Lipinski definition) is 1. The third-order valence-electron chi connectivity index (χ3n) is 2.36. The van der Waals surface area contributed by atoms with Crippen LogP contribution in [0, 0.1) is 5.92 Å². The topological polar surface area (TPSA) is 42.0 Å². The summed E-state index contributed by atoms with van der Waals surface area (Å²) in [5.41, 5.74) is 0.423. The molecule has 0 aliphatic rings. The summed E-state index contributed by atoms with van der Waals surface area (Å²) in [7, 11) is 0. The zero-order chi connectivity index (χ0) is 11.4. The highest BCUT2D eigenvalue weighted by atomic mass is 35.5. The molecule has 15 heavy (non-hydrogen) atoms. The van der Waals surface area contributed by atoms with E-state index < -0.39 is 0 Å². The van der Waals surface area contributed by atoms with Gasteiger partial charge in [-0.3, -0.25) is 4.79 Å². The molecule has 4 heteroatoms. The van der Waals surface area contributed by atoms with E-state index in [1.54, 1.807) is 18.3 Å². The Balaban J connectivity index is 2.74. The highest BCUT2D eigenvalue weighted by Gasteiger charge is 2.14. The molecule has 1 heterocycles. The fourth-order valence-corrected chi connectivity index (χ4v) is 1.21. The molecular formula is C11H15ClN2O.